The first-order valence-corrected chi connectivity index (χ1v) is 7.24. The fourth-order valence-electron chi connectivity index (χ4n) is 2.19. The lowest BCUT2D eigenvalue weighted by molar-refractivity contribution is 0.0694. The fourth-order valence-corrected chi connectivity index (χ4v) is 2.76. The Kier molecular flexibility index (Phi) is 5.02. The van der Waals surface area contributed by atoms with Crippen LogP contribution in [0.5, 0.6) is 0 Å². The Balaban J connectivity index is 3.31. The van der Waals surface area contributed by atoms with Gasteiger partial charge in [0.1, 0.15) is 0 Å². The molecular weight excluding hydrogens is 250 g/mol. The van der Waals surface area contributed by atoms with Gasteiger partial charge in [0.2, 0.25) is 0 Å². The zero-order chi connectivity index (χ0) is 13.9. The first-order chi connectivity index (χ1) is 8.40. The van der Waals surface area contributed by atoms with E-state index in [2.05, 4.69) is 0 Å². The van der Waals surface area contributed by atoms with E-state index >= 15 is 0 Å². The molecule has 100 valence electrons. The summed E-state index contributed by atoms with van der Waals surface area (Å²) in [5.41, 5.74) is 1.19. The SMILES string of the molecule is CSCCC(C)n1c(C)c(C(=O)O)c(C)cc1=O. The molecule has 1 aromatic rings. The zero-order valence-corrected chi connectivity index (χ0v) is 12.0. The second-order valence-electron chi connectivity index (χ2n) is 4.43. The van der Waals surface area contributed by atoms with Crippen molar-refractivity contribution in [2.75, 3.05) is 12.0 Å². The highest BCUT2D eigenvalue weighted by Gasteiger charge is 2.18. The van der Waals surface area contributed by atoms with E-state index in [0.29, 0.717) is 11.3 Å². The number of carboxylic acid groups (broad SMARTS) is 1. The Labute approximate surface area is 111 Å². The molecule has 1 aromatic heterocycles. The molecule has 0 spiro atoms. The molecule has 18 heavy (non-hydrogen) atoms. The van der Waals surface area contributed by atoms with Crippen molar-refractivity contribution in [2.24, 2.45) is 0 Å². The smallest absolute Gasteiger partial charge is 0.337 e. The van der Waals surface area contributed by atoms with Crippen LogP contribution in [0.2, 0.25) is 0 Å². The monoisotopic (exact) mass is 269 g/mol. The summed E-state index contributed by atoms with van der Waals surface area (Å²) in [6.45, 7) is 5.31. The van der Waals surface area contributed by atoms with Crippen LogP contribution in [0.15, 0.2) is 10.9 Å². The first kappa shape index (κ1) is 14.8. The molecule has 0 saturated heterocycles. The van der Waals surface area contributed by atoms with E-state index in [-0.39, 0.29) is 17.2 Å². The highest BCUT2D eigenvalue weighted by Crippen LogP contribution is 2.18. The molecule has 0 amide bonds. The average molecular weight is 269 g/mol. The van der Waals surface area contributed by atoms with Gasteiger partial charge in [-0.05, 0) is 44.8 Å². The maximum atomic E-state index is 12.0. The summed E-state index contributed by atoms with van der Waals surface area (Å²) in [5, 5.41) is 9.20. The van der Waals surface area contributed by atoms with Crippen molar-refractivity contribution in [2.45, 2.75) is 33.2 Å². The number of hydrogen-bond donors (Lipinski definition) is 1. The van der Waals surface area contributed by atoms with Crippen LogP contribution in [-0.4, -0.2) is 27.7 Å². The molecule has 1 heterocycles. The van der Waals surface area contributed by atoms with Gasteiger partial charge in [-0.25, -0.2) is 4.79 Å². The molecule has 0 radical (unpaired) electrons. The van der Waals surface area contributed by atoms with Gasteiger partial charge in [-0.1, -0.05) is 0 Å². The lowest BCUT2D eigenvalue weighted by atomic mass is 10.1. The van der Waals surface area contributed by atoms with Gasteiger partial charge in [0.15, 0.2) is 0 Å². The third kappa shape index (κ3) is 2.96. The van der Waals surface area contributed by atoms with E-state index in [1.807, 2.05) is 13.2 Å². The van der Waals surface area contributed by atoms with Crippen LogP contribution in [0.1, 0.15) is 41.0 Å². The van der Waals surface area contributed by atoms with E-state index in [9.17, 15) is 14.7 Å². The third-order valence-electron chi connectivity index (χ3n) is 3.09. The molecule has 0 saturated carbocycles. The molecule has 0 aliphatic rings. The standard InChI is InChI=1S/C13H19NO3S/c1-8-7-11(15)14(9(2)5-6-18-4)10(3)12(8)13(16)17/h7,9H,5-6H2,1-4H3,(H,16,17). The molecule has 0 fully saturated rings. The minimum atomic E-state index is -0.976. The number of carbonyl (C=O) groups is 1. The number of rotatable bonds is 5. The molecule has 1 unspecified atom stereocenters. The quantitative estimate of drug-likeness (QED) is 0.892. The van der Waals surface area contributed by atoms with E-state index in [4.69, 9.17) is 0 Å². The summed E-state index contributed by atoms with van der Waals surface area (Å²) in [4.78, 5) is 23.2. The Morgan fingerprint density at radius 2 is 2.11 bits per heavy atom. The van der Waals surface area contributed by atoms with Crippen LogP contribution in [0.4, 0.5) is 0 Å². The minimum absolute atomic E-state index is 0.0173. The van der Waals surface area contributed by atoms with Crippen LogP contribution in [-0.2, 0) is 0 Å². The van der Waals surface area contributed by atoms with Gasteiger partial charge >= 0.3 is 5.97 Å². The average Bonchev–Trinajstić information content (AvgIpc) is 2.24. The van der Waals surface area contributed by atoms with Crippen molar-refractivity contribution in [3.63, 3.8) is 0 Å². The highest BCUT2D eigenvalue weighted by molar-refractivity contribution is 7.98. The van der Waals surface area contributed by atoms with Gasteiger partial charge in [0, 0.05) is 17.8 Å². The van der Waals surface area contributed by atoms with Gasteiger partial charge in [0.25, 0.3) is 5.56 Å². The van der Waals surface area contributed by atoms with Crippen molar-refractivity contribution < 1.29 is 9.90 Å². The molecular formula is C13H19NO3S. The normalized spacial score (nSPS) is 12.4. The number of hydrogen-bond acceptors (Lipinski definition) is 3. The molecule has 1 N–H and O–H groups in total. The van der Waals surface area contributed by atoms with Crippen LogP contribution in [0, 0.1) is 13.8 Å². The number of aromatic nitrogens is 1. The van der Waals surface area contributed by atoms with E-state index < -0.39 is 5.97 Å². The second-order valence-corrected chi connectivity index (χ2v) is 5.42. The number of aromatic carboxylic acids is 1. The Morgan fingerprint density at radius 3 is 2.61 bits per heavy atom. The Morgan fingerprint density at radius 1 is 1.50 bits per heavy atom. The molecule has 0 bridgehead atoms. The number of thioether (sulfide) groups is 1. The van der Waals surface area contributed by atoms with E-state index in [1.54, 1.807) is 30.2 Å². The van der Waals surface area contributed by atoms with Gasteiger partial charge in [-0.15, -0.1) is 0 Å². The molecule has 1 atom stereocenters. The number of nitrogens with zero attached hydrogens (tertiary/aromatic N) is 1. The Hall–Kier alpha value is -1.23. The largest absolute Gasteiger partial charge is 0.478 e. The zero-order valence-electron chi connectivity index (χ0n) is 11.2. The summed E-state index contributed by atoms with van der Waals surface area (Å²) in [7, 11) is 0. The fraction of sp³-hybridized carbons (Fsp3) is 0.538. The van der Waals surface area contributed by atoms with Gasteiger partial charge in [-0.2, -0.15) is 11.8 Å². The molecule has 0 aliphatic carbocycles. The van der Waals surface area contributed by atoms with E-state index in [1.165, 1.54) is 6.07 Å². The lowest BCUT2D eigenvalue weighted by Crippen LogP contribution is -2.28. The summed E-state index contributed by atoms with van der Waals surface area (Å²) in [6, 6.07) is 1.43. The summed E-state index contributed by atoms with van der Waals surface area (Å²) in [6.07, 6.45) is 2.87. The molecule has 4 nitrogen and oxygen atoms in total. The lowest BCUT2D eigenvalue weighted by Gasteiger charge is -2.20. The molecule has 0 aliphatic heterocycles. The maximum absolute atomic E-state index is 12.0. The maximum Gasteiger partial charge on any atom is 0.337 e. The molecule has 5 heteroatoms. The summed E-state index contributed by atoms with van der Waals surface area (Å²) < 4.78 is 1.59. The summed E-state index contributed by atoms with van der Waals surface area (Å²) >= 11 is 1.72. The van der Waals surface area contributed by atoms with Crippen molar-refractivity contribution >= 4 is 17.7 Å². The van der Waals surface area contributed by atoms with Crippen molar-refractivity contribution in [3.8, 4) is 0 Å². The van der Waals surface area contributed by atoms with Crippen molar-refractivity contribution in [1.29, 1.82) is 0 Å². The topological polar surface area (TPSA) is 59.3 Å². The number of carboxylic acids is 1. The minimum Gasteiger partial charge on any atom is -0.478 e. The van der Waals surface area contributed by atoms with Gasteiger partial charge in [0.05, 0.1) is 5.56 Å². The van der Waals surface area contributed by atoms with Crippen molar-refractivity contribution in [3.05, 3.63) is 33.2 Å². The van der Waals surface area contributed by atoms with Crippen LogP contribution < -0.4 is 5.56 Å². The number of pyridine rings is 1. The Bertz CT molecular complexity index is 508. The van der Waals surface area contributed by atoms with Gasteiger partial charge < -0.3 is 9.67 Å². The van der Waals surface area contributed by atoms with Crippen LogP contribution in [0.3, 0.4) is 0 Å². The van der Waals surface area contributed by atoms with Crippen molar-refractivity contribution in [1.82, 2.24) is 4.57 Å². The first-order valence-electron chi connectivity index (χ1n) is 5.85. The molecule has 1 rings (SSSR count). The third-order valence-corrected chi connectivity index (χ3v) is 3.73. The van der Waals surface area contributed by atoms with Gasteiger partial charge in [-0.3, -0.25) is 4.79 Å². The second kappa shape index (κ2) is 6.09. The van der Waals surface area contributed by atoms with E-state index in [0.717, 1.165) is 12.2 Å². The number of aryl methyl sites for hydroxylation is 1. The van der Waals surface area contributed by atoms with Crippen LogP contribution >= 0.6 is 11.8 Å². The predicted octanol–water partition coefficient (Wildman–Crippen LogP) is 2.48. The predicted molar refractivity (Wildman–Crippen MR) is 74.8 cm³/mol. The summed E-state index contributed by atoms with van der Waals surface area (Å²) in [5.74, 6) is -0.0283. The van der Waals surface area contributed by atoms with Crippen LogP contribution in [0.25, 0.3) is 0 Å². The molecule has 0 aromatic carbocycles. The highest BCUT2D eigenvalue weighted by atomic mass is 32.2.